The number of hydrogen-bond donors (Lipinski definition) is 0. The van der Waals surface area contributed by atoms with Gasteiger partial charge in [-0.3, -0.25) is 4.57 Å². The van der Waals surface area contributed by atoms with E-state index in [1.165, 1.54) is 21.3 Å². The normalized spacial score (nSPS) is 11.1. The van der Waals surface area contributed by atoms with Crippen molar-refractivity contribution < 1.29 is 36.5 Å². The van der Waals surface area contributed by atoms with Crippen molar-refractivity contribution >= 4 is 22.7 Å². The van der Waals surface area contributed by atoms with Gasteiger partial charge in [-0.1, -0.05) is 36.0 Å². The topological polar surface area (TPSA) is 80.5 Å². The number of pyridine rings is 1. The van der Waals surface area contributed by atoms with Crippen LogP contribution in [0.4, 0.5) is 17.6 Å². The van der Waals surface area contributed by atoms with Crippen LogP contribution in [0.5, 0.6) is 23.0 Å². The molecule has 8 nitrogen and oxygen atoms in total. The summed E-state index contributed by atoms with van der Waals surface area (Å²) in [5, 5.41) is 9.64. The first-order valence-electron chi connectivity index (χ1n) is 13.0. The van der Waals surface area contributed by atoms with Crippen molar-refractivity contribution in [3.8, 4) is 45.6 Å². The number of ether oxygens (including phenoxy) is 4. The molecule has 0 amide bonds. The molecule has 3 aromatic carbocycles. The lowest BCUT2D eigenvalue weighted by atomic mass is 10.0. The van der Waals surface area contributed by atoms with Crippen LogP contribution in [0.25, 0.3) is 33.5 Å². The van der Waals surface area contributed by atoms with Gasteiger partial charge in [-0.05, 0) is 24.3 Å². The number of aromatic nitrogens is 4. The van der Waals surface area contributed by atoms with Gasteiger partial charge in [0.05, 0.1) is 39.6 Å². The molecule has 44 heavy (non-hydrogen) atoms. The van der Waals surface area contributed by atoms with Gasteiger partial charge >= 0.3 is 0 Å². The second-order valence-corrected chi connectivity index (χ2v) is 10.2. The zero-order valence-electron chi connectivity index (χ0n) is 24.1. The third-order valence-electron chi connectivity index (χ3n) is 6.81. The summed E-state index contributed by atoms with van der Waals surface area (Å²) in [7, 11) is 5.47. The number of halogens is 4. The molecular weight excluding hydrogens is 600 g/mol. The van der Waals surface area contributed by atoms with E-state index in [0.717, 1.165) is 24.3 Å². The molecule has 0 atom stereocenters. The van der Waals surface area contributed by atoms with Crippen LogP contribution in [0.1, 0.15) is 5.56 Å². The monoisotopic (exact) mass is 626 g/mol. The van der Waals surface area contributed by atoms with Crippen molar-refractivity contribution in [3.63, 3.8) is 0 Å². The maximum atomic E-state index is 14.7. The summed E-state index contributed by atoms with van der Waals surface area (Å²) in [6, 6.07) is 12.8. The highest BCUT2D eigenvalue weighted by molar-refractivity contribution is 7.98. The van der Waals surface area contributed by atoms with E-state index in [4.69, 9.17) is 19.2 Å². The Morgan fingerprint density at radius 3 is 2.05 bits per heavy atom. The molecular formula is C31H26F4N4O4S. The minimum absolute atomic E-state index is 0.219. The number of methoxy groups -OCH3 is 4. The van der Waals surface area contributed by atoms with Gasteiger partial charge in [0.2, 0.25) is 17.4 Å². The van der Waals surface area contributed by atoms with Crippen LogP contribution in [-0.2, 0) is 12.3 Å². The highest BCUT2D eigenvalue weighted by Crippen LogP contribution is 2.42. The van der Waals surface area contributed by atoms with Gasteiger partial charge < -0.3 is 18.9 Å². The molecule has 228 valence electrons. The van der Waals surface area contributed by atoms with Crippen LogP contribution >= 0.6 is 11.8 Å². The Morgan fingerprint density at radius 2 is 1.45 bits per heavy atom. The Hall–Kier alpha value is -4.78. The zero-order chi connectivity index (χ0) is 31.5. The summed E-state index contributed by atoms with van der Waals surface area (Å²) in [5.41, 5.74) is 1.75. The van der Waals surface area contributed by atoms with E-state index in [1.807, 2.05) is 30.3 Å². The van der Waals surface area contributed by atoms with Crippen molar-refractivity contribution in [1.29, 1.82) is 0 Å². The summed E-state index contributed by atoms with van der Waals surface area (Å²) in [5.74, 6) is -6.19. The summed E-state index contributed by atoms with van der Waals surface area (Å²) >= 11 is 0.860. The SMILES string of the molecule is C=CCn1c(SCc2c(F)c(F)c(OC)c(F)c2F)nnc1-c1cc(-c2cc(OC)c(OC)c(OC)c2)nc2ccccc12. The molecule has 0 aliphatic rings. The van der Waals surface area contributed by atoms with E-state index in [9.17, 15) is 17.6 Å². The molecule has 0 fully saturated rings. The molecule has 0 unspecified atom stereocenters. The van der Waals surface area contributed by atoms with Gasteiger partial charge in [0.15, 0.2) is 39.9 Å². The number of fused-ring (bicyclic) bond motifs is 1. The van der Waals surface area contributed by atoms with Gasteiger partial charge in [0.1, 0.15) is 0 Å². The maximum absolute atomic E-state index is 14.7. The second-order valence-electron chi connectivity index (χ2n) is 9.25. The minimum Gasteiger partial charge on any atom is -0.493 e. The molecule has 2 aromatic heterocycles. The highest BCUT2D eigenvalue weighted by Gasteiger charge is 2.27. The van der Waals surface area contributed by atoms with Crippen LogP contribution in [0.2, 0.25) is 0 Å². The number of allylic oxidation sites excluding steroid dienone is 1. The standard InChI is InChI=1S/C31H26F4N4O4S/c1-6-11-39-30(37-38-31(39)44-15-19-24(32)26(34)29(43-5)27(35)25(19)33)18-14-21(36-20-10-8-7-9-17(18)20)16-12-22(40-2)28(42-4)23(13-16)41-3/h6-10,12-14H,1,11,15H2,2-5H3. The van der Waals surface area contributed by atoms with Crippen molar-refractivity contribution in [2.24, 2.45) is 0 Å². The number of benzene rings is 3. The van der Waals surface area contributed by atoms with Crippen LogP contribution < -0.4 is 18.9 Å². The number of rotatable bonds is 11. The fourth-order valence-electron chi connectivity index (χ4n) is 4.73. The molecule has 2 heterocycles. The Balaban J connectivity index is 1.62. The molecule has 0 aliphatic heterocycles. The van der Waals surface area contributed by atoms with Gasteiger partial charge in [0.25, 0.3) is 0 Å². The summed E-state index contributed by atoms with van der Waals surface area (Å²) in [6.45, 7) is 4.03. The molecule has 0 radical (unpaired) electrons. The summed E-state index contributed by atoms with van der Waals surface area (Å²) in [4.78, 5) is 4.85. The lowest BCUT2D eigenvalue weighted by molar-refractivity contribution is 0.324. The summed E-state index contributed by atoms with van der Waals surface area (Å²) in [6.07, 6.45) is 1.61. The average Bonchev–Trinajstić information content (AvgIpc) is 3.44. The van der Waals surface area contributed by atoms with Crippen LogP contribution in [0.3, 0.4) is 0 Å². The van der Waals surface area contributed by atoms with Crippen molar-refractivity contribution in [3.05, 3.63) is 84.0 Å². The number of para-hydroxylation sites is 1. The predicted molar refractivity (Wildman–Crippen MR) is 158 cm³/mol. The predicted octanol–water partition coefficient (Wildman–Crippen LogP) is 7.23. The van der Waals surface area contributed by atoms with E-state index in [-0.39, 0.29) is 11.7 Å². The largest absolute Gasteiger partial charge is 0.493 e. The fraction of sp³-hybridized carbons (Fsp3) is 0.194. The van der Waals surface area contributed by atoms with Crippen molar-refractivity contribution in [2.75, 3.05) is 28.4 Å². The molecule has 0 bridgehead atoms. The van der Waals surface area contributed by atoms with Gasteiger partial charge in [0, 0.05) is 34.4 Å². The lowest BCUT2D eigenvalue weighted by Gasteiger charge is -2.15. The molecule has 5 aromatic rings. The van der Waals surface area contributed by atoms with Crippen LogP contribution in [-0.4, -0.2) is 48.2 Å². The van der Waals surface area contributed by atoms with Crippen LogP contribution in [0.15, 0.2) is 60.3 Å². The zero-order valence-corrected chi connectivity index (χ0v) is 24.9. The minimum atomic E-state index is -1.61. The summed E-state index contributed by atoms with van der Waals surface area (Å²) < 4.78 is 80.7. The van der Waals surface area contributed by atoms with E-state index < -0.39 is 40.3 Å². The smallest absolute Gasteiger partial charge is 0.204 e. The number of hydrogen-bond acceptors (Lipinski definition) is 8. The lowest BCUT2D eigenvalue weighted by Crippen LogP contribution is -2.06. The van der Waals surface area contributed by atoms with E-state index in [2.05, 4.69) is 21.5 Å². The molecule has 0 saturated carbocycles. The van der Waals surface area contributed by atoms with Gasteiger partial charge in [-0.25, -0.2) is 13.8 Å². The molecule has 0 spiro atoms. The first-order valence-corrected chi connectivity index (χ1v) is 14.0. The number of nitrogens with zero attached hydrogens (tertiary/aromatic N) is 4. The second kappa shape index (κ2) is 12.8. The van der Waals surface area contributed by atoms with E-state index in [1.54, 1.807) is 22.8 Å². The average molecular weight is 627 g/mol. The molecule has 5 rings (SSSR count). The molecule has 13 heteroatoms. The quantitative estimate of drug-likeness (QED) is 0.0658. The maximum Gasteiger partial charge on any atom is 0.204 e. The van der Waals surface area contributed by atoms with E-state index >= 15 is 0 Å². The van der Waals surface area contributed by atoms with Crippen molar-refractivity contribution in [2.45, 2.75) is 17.5 Å². The Labute approximate surface area is 254 Å². The third kappa shape index (κ3) is 5.39. The molecule has 0 saturated heterocycles. The highest BCUT2D eigenvalue weighted by atomic mass is 32.2. The van der Waals surface area contributed by atoms with E-state index in [0.29, 0.717) is 45.4 Å². The Kier molecular flexibility index (Phi) is 8.95. The van der Waals surface area contributed by atoms with Crippen molar-refractivity contribution in [1.82, 2.24) is 19.7 Å². The van der Waals surface area contributed by atoms with Gasteiger partial charge in [-0.2, -0.15) is 8.78 Å². The Bertz CT molecular complexity index is 1830. The molecule has 0 N–H and O–H groups in total. The van der Waals surface area contributed by atoms with Crippen LogP contribution in [0, 0.1) is 23.3 Å². The fourth-order valence-corrected chi connectivity index (χ4v) is 5.67. The first kappa shape index (κ1) is 30.7. The number of thioether (sulfide) groups is 1. The first-order chi connectivity index (χ1) is 21.3. The Morgan fingerprint density at radius 1 is 0.818 bits per heavy atom. The molecule has 0 aliphatic carbocycles. The van der Waals surface area contributed by atoms with Gasteiger partial charge in [-0.15, -0.1) is 16.8 Å². The third-order valence-corrected chi connectivity index (χ3v) is 7.80.